The predicted molar refractivity (Wildman–Crippen MR) is 245 cm³/mol. The Kier molecular flexibility index (Phi) is 6.78. The zero-order valence-corrected chi connectivity index (χ0v) is 32.0. The molecule has 1 aliphatic carbocycles. The van der Waals surface area contributed by atoms with Gasteiger partial charge in [-0.2, -0.15) is 0 Å². The summed E-state index contributed by atoms with van der Waals surface area (Å²) in [4.78, 5) is 0. The lowest BCUT2D eigenvalue weighted by molar-refractivity contribution is 0.661. The second kappa shape index (κ2) is 12.0. The monoisotopic (exact) mass is 722 g/mol. The molecule has 1 aliphatic rings. The fourth-order valence-electron chi connectivity index (χ4n) is 10.3. The average molecular weight is 723 g/mol. The van der Waals surface area contributed by atoms with E-state index in [9.17, 15) is 0 Å². The van der Waals surface area contributed by atoms with Gasteiger partial charge in [0.25, 0.3) is 0 Å². The van der Waals surface area contributed by atoms with Crippen LogP contribution in [0.5, 0.6) is 0 Å². The van der Waals surface area contributed by atoms with Crippen LogP contribution in [0.4, 0.5) is 0 Å². The van der Waals surface area contributed by atoms with Gasteiger partial charge in [0.2, 0.25) is 0 Å². The van der Waals surface area contributed by atoms with Crippen molar-refractivity contribution in [1.29, 1.82) is 0 Å². The quantitative estimate of drug-likeness (QED) is 0.126. The van der Waals surface area contributed by atoms with Crippen LogP contribution < -0.4 is 0 Å². The van der Waals surface area contributed by atoms with Crippen molar-refractivity contribution in [3.05, 3.63) is 205 Å². The highest BCUT2D eigenvalue weighted by molar-refractivity contribution is 6.25. The van der Waals surface area contributed by atoms with Crippen molar-refractivity contribution >= 4 is 64.6 Å². The Bertz CT molecular complexity index is 3410. The van der Waals surface area contributed by atoms with Crippen LogP contribution in [0.3, 0.4) is 0 Å². The molecule has 0 aliphatic heterocycles. The molecular weight excluding hydrogens is 685 g/mol. The number of rotatable bonds is 3. The Balaban J connectivity index is 1.05. The Labute approximate surface area is 332 Å². The molecule has 0 heterocycles. The third kappa shape index (κ3) is 4.62. The standard InChI is InChI=1S/C57H38/c1-57(2)51-24-12-21-42(55(51)56-41-16-6-5-13-35(41)30-32-52(56)57)36-25-27-37(28-26-36)53-46-17-7-9-19-48(46)54(49-20-10-8-18-47(49)53)45-23-11-22-43-44(45)31-29-40-33-38-14-3-4-15-39(38)34-50(40)43/h3-34H,1-2H3. The highest BCUT2D eigenvalue weighted by Gasteiger charge is 2.37. The summed E-state index contributed by atoms with van der Waals surface area (Å²) in [6, 6.07) is 72.7. The van der Waals surface area contributed by atoms with Crippen molar-refractivity contribution < 1.29 is 0 Å². The first kappa shape index (κ1) is 32.2. The van der Waals surface area contributed by atoms with E-state index >= 15 is 0 Å². The van der Waals surface area contributed by atoms with E-state index in [0.717, 1.165) is 0 Å². The first-order valence-electron chi connectivity index (χ1n) is 20.1. The molecule has 12 rings (SSSR count). The minimum atomic E-state index is -0.0736. The van der Waals surface area contributed by atoms with Crippen LogP contribution in [0.2, 0.25) is 0 Å². The molecule has 0 atom stereocenters. The molecule has 0 aromatic heterocycles. The summed E-state index contributed by atoms with van der Waals surface area (Å²) in [7, 11) is 0. The van der Waals surface area contributed by atoms with Gasteiger partial charge in [0, 0.05) is 5.41 Å². The van der Waals surface area contributed by atoms with Crippen molar-refractivity contribution in [3.8, 4) is 44.5 Å². The maximum Gasteiger partial charge on any atom is 0.0159 e. The van der Waals surface area contributed by atoms with Gasteiger partial charge in [-0.05, 0) is 132 Å². The molecule has 0 fully saturated rings. The van der Waals surface area contributed by atoms with Crippen molar-refractivity contribution in [2.24, 2.45) is 0 Å². The zero-order chi connectivity index (χ0) is 37.8. The molecule has 0 amide bonds. The molecule has 0 saturated heterocycles. The lowest BCUT2D eigenvalue weighted by Gasteiger charge is -2.22. The molecule has 57 heavy (non-hydrogen) atoms. The number of fused-ring (bicyclic) bond motifs is 11. The van der Waals surface area contributed by atoms with Gasteiger partial charge >= 0.3 is 0 Å². The Morgan fingerprint density at radius 3 is 1.51 bits per heavy atom. The average Bonchev–Trinajstić information content (AvgIpc) is 3.51. The molecule has 0 N–H and O–H groups in total. The van der Waals surface area contributed by atoms with Crippen LogP contribution in [0.25, 0.3) is 109 Å². The van der Waals surface area contributed by atoms with Gasteiger partial charge in [-0.1, -0.05) is 196 Å². The summed E-state index contributed by atoms with van der Waals surface area (Å²) in [6.07, 6.45) is 0. The minimum Gasteiger partial charge on any atom is -0.0616 e. The zero-order valence-electron chi connectivity index (χ0n) is 32.0. The summed E-state index contributed by atoms with van der Waals surface area (Å²) in [6.45, 7) is 4.75. The fraction of sp³-hybridized carbons (Fsp3) is 0.0526. The highest BCUT2D eigenvalue weighted by Crippen LogP contribution is 2.54. The van der Waals surface area contributed by atoms with Gasteiger partial charge < -0.3 is 0 Å². The maximum atomic E-state index is 2.38. The smallest absolute Gasteiger partial charge is 0.0159 e. The second-order valence-electron chi connectivity index (χ2n) is 16.4. The van der Waals surface area contributed by atoms with Gasteiger partial charge in [0.05, 0.1) is 0 Å². The highest BCUT2D eigenvalue weighted by atomic mass is 14.4. The molecular formula is C57H38. The van der Waals surface area contributed by atoms with Gasteiger partial charge in [-0.15, -0.1) is 0 Å². The van der Waals surface area contributed by atoms with Crippen LogP contribution in [0.15, 0.2) is 194 Å². The van der Waals surface area contributed by atoms with Crippen LogP contribution in [0, 0.1) is 0 Å². The topological polar surface area (TPSA) is 0 Å². The maximum absolute atomic E-state index is 2.38. The molecule has 11 aromatic carbocycles. The predicted octanol–water partition coefficient (Wildman–Crippen LogP) is 15.9. The SMILES string of the molecule is CC1(C)c2cccc(-c3ccc(-c4c5ccccc5c(-c5cccc6c5ccc5cc7ccccc7cc56)c5ccccc45)cc3)c2-c2c1ccc1ccccc21. The number of hydrogen-bond acceptors (Lipinski definition) is 0. The molecule has 266 valence electrons. The van der Waals surface area contributed by atoms with Crippen molar-refractivity contribution in [2.45, 2.75) is 19.3 Å². The molecule has 0 bridgehead atoms. The molecule has 11 aromatic rings. The number of hydrogen-bond donors (Lipinski definition) is 0. The van der Waals surface area contributed by atoms with Gasteiger partial charge in [-0.25, -0.2) is 0 Å². The molecule has 0 saturated carbocycles. The Hall–Kier alpha value is -7.02. The van der Waals surface area contributed by atoms with E-state index in [1.165, 1.54) is 120 Å². The normalized spacial score (nSPS) is 13.2. The molecule has 0 heteroatoms. The third-order valence-corrected chi connectivity index (χ3v) is 13.0. The van der Waals surface area contributed by atoms with Crippen molar-refractivity contribution in [1.82, 2.24) is 0 Å². The Morgan fingerprint density at radius 1 is 0.263 bits per heavy atom. The van der Waals surface area contributed by atoms with E-state index in [-0.39, 0.29) is 5.41 Å². The lowest BCUT2D eigenvalue weighted by Crippen LogP contribution is -2.14. The molecule has 0 spiro atoms. The van der Waals surface area contributed by atoms with E-state index in [4.69, 9.17) is 0 Å². The van der Waals surface area contributed by atoms with Gasteiger partial charge in [-0.3, -0.25) is 0 Å². The summed E-state index contributed by atoms with van der Waals surface area (Å²) in [5, 5.41) is 15.4. The first-order chi connectivity index (χ1) is 28.0. The molecule has 0 unspecified atom stereocenters. The molecule has 0 radical (unpaired) electrons. The number of benzene rings is 11. The lowest BCUT2D eigenvalue weighted by atomic mass is 9.81. The van der Waals surface area contributed by atoms with Crippen LogP contribution in [-0.2, 0) is 5.41 Å². The van der Waals surface area contributed by atoms with Crippen molar-refractivity contribution in [2.75, 3.05) is 0 Å². The van der Waals surface area contributed by atoms with Crippen LogP contribution >= 0.6 is 0 Å². The van der Waals surface area contributed by atoms with E-state index in [0.29, 0.717) is 0 Å². The Morgan fingerprint density at radius 2 is 0.789 bits per heavy atom. The summed E-state index contributed by atoms with van der Waals surface area (Å²) < 4.78 is 0. The van der Waals surface area contributed by atoms with E-state index in [2.05, 4.69) is 208 Å². The minimum absolute atomic E-state index is 0.0736. The molecule has 0 nitrogen and oxygen atoms in total. The largest absolute Gasteiger partial charge is 0.0616 e. The summed E-state index contributed by atoms with van der Waals surface area (Å²) in [5.41, 5.74) is 13.1. The summed E-state index contributed by atoms with van der Waals surface area (Å²) >= 11 is 0. The fourth-order valence-corrected chi connectivity index (χ4v) is 10.3. The van der Waals surface area contributed by atoms with E-state index in [1.807, 2.05) is 0 Å². The van der Waals surface area contributed by atoms with Crippen molar-refractivity contribution in [3.63, 3.8) is 0 Å². The third-order valence-electron chi connectivity index (χ3n) is 13.0. The summed E-state index contributed by atoms with van der Waals surface area (Å²) in [5.74, 6) is 0. The van der Waals surface area contributed by atoms with Crippen LogP contribution in [-0.4, -0.2) is 0 Å². The first-order valence-corrected chi connectivity index (χ1v) is 20.1. The van der Waals surface area contributed by atoms with E-state index < -0.39 is 0 Å². The second-order valence-corrected chi connectivity index (χ2v) is 16.4. The van der Waals surface area contributed by atoms with Gasteiger partial charge in [0.15, 0.2) is 0 Å². The van der Waals surface area contributed by atoms with Crippen LogP contribution in [0.1, 0.15) is 25.0 Å². The van der Waals surface area contributed by atoms with E-state index in [1.54, 1.807) is 0 Å². The van der Waals surface area contributed by atoms with Gasteiger partial charge in [0.1, 0.15) is 0 Å².